The highest BCUT2D eigenvalue weighted by Crippen LogP contribution is 2.24. The molecule has 0 saturated heterocycles. The largest absolute Gasteiger partial charge is 0.387 e. The smallest absolute Gasteiger partial charge is 0.215 e. The number of nitrogens with one attached hydrogen (secondary N) is 1. The molecular weight excluding hydrogens is 358 g/mol. The summed E-state index contributed by atoms with van der Waals surface area (Å²) in [5.74, 6) is -0.160. The minimum Gasteiger partial charge on any atom is -0.387 e. The van der Waals surface area contributed by atoms with Crippen LogP contribution in [0.1, 0.15) is 17.2 Å². The first-order valence-electron chi connectivity index (χ1n) is 7.82. The van der Waals surface area contributed by atoms with Crippen LogP contribution in [-0.2, 0) is 15.8 Å². The molecule has 3 aromatic carbocycles. The Morgan fingerprint density at radius 3 is 2.40 bits per heavy atom. The van der Waals surface area contributed by atoms with Gasteiger partial charge in [-0.3, -0.25) is 0 Å². The Morgan fingerprint density at radius 2 is 1.64 bits per heavy atom. The summed E-state index contributed by atoms with van der Waals surface area (Å²) in [5, 5.41) is 12.9. The average molecular weight is 376 g/mol. The molecular formula is C19H18ClNO3S. The average Bonchev–Trinajstić information content (AvgIpc) is 2.61. The van der Waals surface area contributed by atoms with E-state index in [4.69, 9.17) is 11.6 Å². The maximum Gasteiger partial charge on any atom is 0.215 e. The maximum absolute atomic E-state index is 12.2. The van der Waals surface area contributed by atoms with Gasteiger partial charge in [0.2, 0.25) is 10.0 Å². The number of halogens is 1. The monoisotopic (exact) mass is 375 g/mol. The first-order valence-corrected chi connectivity index (χ1v) is 9.85. The zero-order chi connectivity index (χ0) is 17.9. The van der Waals surface area contributed by atoms with Crippen LogP contribution in [0.4, 0.5) is 0 Å². The number of aliphatic hydroxyl groups is 1. The fourth-order valence-corrected chi connectivity index (χ4v) is 3.98. The summed E-state index contributed by atoms with van der Waals surface area (Å²) in [6, 6.07) is 19.9. The lowest BCUT2D eigenvalue weighted by atomic mass is 10.0. The molecule has 0 fully saturated rings. The van der Waals surface area contributed by atoms with Crippen LogP contribution in [0.2, 0.25) is 5.02 Å². The Labute approximate surface area is 152 Å². The van der Waals surface area contributed by atoms with E-state index in [1.54, 1.807) is 30.3 Å². The zero-order valence-corrected chi connectivity index (χ0v) is 15.0. The lowest BCUT2D eigenvalue weighted by molar-refractivity contribution is 0.183. The molecule has 0 aliphatic carbocycles. The molecule has 0 bridgehead atoms. The van der Waals surface area contributed by atoms with Gasteiger partial charge in [0.1, 0.15) is 0 Å². The first kappa shape index (κ1) is 17.9. The van der Waals surface area contributed by atoms with Crippen molar-refractivity contribution in [1.82, 2.24) is 4.72 Å². The highest BCUT2D eigenvalue weighted by Gasteiger charge is 2.16. The molecule has 0 radical (unpaired) electrons. The Hall–Kier alpha value is -1.92. The summed E-state index contributed by atoms with van der Waals surface area (Å²) in [6.45, 7) is -0.0794. The van der Waals surface area contributed by atoms with Crippen molar-refractivity contribution in [2.24, 2.45) is 0 Å². The minimum absolute atomic E-state index is 0.0794. The van der Waals surface area contributed by atoms with Crippen molar-refractivity contribution in [3.8, 4) is 0 Å². The highest BCUT2D eigenvalue weighted by atomic mass is 35.5. The normalized spacial score (nSPS) is 13.0. The Kier molecular flexibility index (Phi) is 5.39. The molecule has 2 N–H and O–H groups in total. The van der Waals surface area contributed by atoms with Crippen LogP contribution >= 0.6 is 11.6 Å². The van der Waals surface area contributed by atoms with Crippen LogP contribution in [0.5, 0.6) is 0 Å². The van der Waals surface area contributed by atoms with E-state index >= 15 is 0 Å². The molecule has 6 heteroatoms. The maximum atomic E-state index is 12.2. The molecule has 0 amide bonds. The van der Waals surface area contributed by atoms with E-state index < -0.39 is 16.1 Å². The predicted molar refractivity (Wildman–Crippen MR) is 101 cm³/mol. The number of hydrogen-bond donors (Lipinski definition) is 2. The van der Waals surface area contributed by atoms with Crippen LogP contribution in [0.15, 0.2) is 66.7 Å². The fraction of sp³-hybridized carbons (Fsp3) is 0.158. The molecule has 3 aromatic rings. The Balaban J connectivity index is 1.70. The molecule has 130 valence electrons. The van der Waals surface area contributed by atoms with E-state index in [9.17, 15) is 13.5 Å². The number of sulfonamides is 1. The van der Waals surface area contributed by atoms with Crippen LogP contribution in [0.25, 0.3) is 10.8 Å². The van der Waals surface area contributed by atoms with Gasteiger partial charge in [-0.15, -0.1) is 0 Å². The van der Waals surface area contributed by atoms with Crippen molar-refractivity contribution in [2.45, 2.75) is 11.9 Å². The fourth-order valence-electron chi connectivity index (χ4n) is 2.71. The lowest BCUT2D eigenvalue weighted by Crippen LogP contribution is -2.29. The van der Waals surface area contributed by atoms with Crippen molar-refractivity contribution >= 4 is 32.4 Å². The number of fused-ring (bicyclic) bond motifs is 1. The van der Waals surface area contributed by atoms with E-state index in [0.29, 0.717) is 16.1 Å². The molecule has 0 aliphatic rings. The molecule has 0 saturated carbocycles. The SMILES string of the molecule is O=S(=O)(Cc1ccc(Cl)cc1)NCC(O)c1cccc2ccccc12. The van der Waals surface area contributed by atoms with Crippen LogP contribution < -0.4 is 4.72 Å². The number of benzene rings is 3. The summed E-state index contributed by atoms with van der Waals surface area (Å²) in [7, 11) is -3.56. The van der Waals surface area contributed by atoms with Gasteiger partial charge in [-0.05, 0) is 34.0 Å². The van der Waals surface area contributed by atoms with Crippen molar-refractivity contribution in [3.63, 3.8) is 0 Å². The van der Waals surface area contributed by atoms with Crippen LogP contribution in [-0.4, -0.2) is 20.1 Å². The van der Waals surface area contributed by atoms with Gasteiger partial charge in [-0.2, -0.15) is 0 Å². The molecule has 1 unspecified atom stereocenters. The van der Waals surface area contributed by atoms with Crippen LogP contribution in [0.3, 0.4) is 0 Å². The molecule has 0 heterocycles. The van der Waals surface area contributed by atoms with Crippen molar-refractivity contribution < 1.29 is 13.5 Å². The summed E-state index contributed by atoms with van der Waals surface area (Å²) < 4.78 is 26.9. The molecule has 3 rings (SSSR count). The summed E-state index contributed by atoms with van der Waals surface area (Å²) in [4.78, 5) is 0. The number of rotatable bonds is 6. The van der Waals surface area contributed by atoms with Gasteiger partial charge in [-0.25, -0.2) is 13.1 Å². The zero-order valence-electron chi connectivity index (χ0n) is 13.4. The van der Waals surface area contributed by atoms with Gasteiger partial charge in [0, 0.05) is 11.6 Å². The van der Waals surface area contributed by atoms with E-state index in [1.165, 1.54) is 0 Å². The van der Waals surface area contributed by atoms with E-state index in [0.717, 1.165) is 10.8 Å². The second kappa shape index (κ2) is 7.54. The predicted octanol–water partition coefficient (Wildman–Crippen LogP) is 3.65. The molecule has 4 nitrogen and oxygen atoms in total. The van der Waals surface area contributed by atoms with Crippen LogP contribution in [0, 0.1) is 0 Å². The van der Waals surface area contributed by atoms with Gasteiger partial charge in [0.05, 0.1) is 11.9 Å². The first-order chi connectivity index (χ1) is 11.9. The number of aliphatic hydroxyl groups excluding tert-OH is 1. The van der Waals surface area contributed by atoms with Gasteiger partial charge in [-0.1, -0.05) is 66.2 Å². The Bertz CT molecular complexity index is 966. The minimum atomic E-state index is -3.56. The van der Waals surface area contributed by atoms with Crippen molar-refractivity contribution in [2.75, 3.05) is 6.54 Å². The summed E-state index contributed by atoms with van der Waals surface area (Å²) >= 11 is 5.80. The molecule has 0 spiro atoms. The van der Waals surface area contributed by atoms with Crippen molar-refractivity contribution in [3.05, 3.63) is 82.9 Å². The van der Waals surface area contributed by atoms with E-state index in [1.807, 2.05) is 36.4 Å². The van der Waals surface area contributed by atoms with E-state index in [2.05, 4.69) is 4.72 Å². The molecule has 0 aliphatic heterocycles. The molecule has 25 heavy (non-hydrogen) atoms. The lowest BCUT2D eigenvalue weighted by Gasteiger charge is -2.15. The van der Waals surface area contributed by atoms with Crippen molar-refractivity contribution in [1.29, 1.82) is 0 Å². The van der Waals surface area contributed by atoms with E-state index in [-0.39, 0.29) is 12.3 Å². The third-order valence-electron chi connectivity index (χ3n) is 3.95. The third-order valence-corrected chi connectivity index (χ3v) is 5.52. The topological polar surface area (TPSA) is 66.4 Å². The highest BCUT2D eigenvalue weighted by molar-refractivity contribution is 7.88. The number of hydrogen-bond acceptors (Lipinski definition) is 3. The molecule has 1 atom stereocenters. The molecule has 0 aromatic heterocycles. The van der Waals surface area contributed by atoms with Gasteiger partial charge < -0.3 is 5.11 Å². The van der Waals surface area contributed by atoms with Gasteiger partial charge >= 0.3 is 0 Å². The second-order valence-corrected chi connectivity index (χ2v) is 8.06. The summed E-state index contributed by atoms with van der Waals surface area (Å²) in [6.07, 6.45) is -0.925. The Morgan fingerprint density at radius 1 is 0.960 bits per heavy atom. The van der Waals surface area contributed by atoms with Gasteiger partial charge in [0.15, 0.2) is 0 Å². The van der Waals surface area contributed by atoms with Gasteiger partial charge in [0.25, 0.3) is 0 Å². The standard InChI is InChI=1S/C19H18ClNO3S/c20-16-10-8-14(9-11-16)13-25(23,24)21-12-19(22)18-7-3-5-15-4-1-2-6-17(15)18/h1-11,19,21-22H,12-13H2. The third kappa shape index (κ3) is 4.58. The quantitative estimate of drug-likeness (QED) is 0.691. The second-order valence-electron chi connectivity index (χ2n) is 5.82. The summed E-state index contributed by atoms with van der Waals surface area (Å²) in [5.41, 5.74) is 1.34.